The predicted molar refractivity (Wildman–Crippen MR) is 54.7 cm³/mol. The van der Waals surface area contributed by atoms with E-state index in [1.165, 1.54) is 0 Å². The lowest BCUT2D eigenvalue weighted by Crippen LogP contribution is -2.36. The first-order valence-corrected chi connectivity index (χ1v) is 5.01. The van der Waals surface area contributed by atoms with Crippen LogP contribution in [0.3, 0.4) is 0 Å². The van der Waals surface area contributed by atoms with Crippen LogP contribution < -0.4 is 5.73 Å². The first kappa shape index (κ1) is 13.3. The highest BCUT2D eigenvalue weighted by atomic mass is 79.9. The molecule has 1 rings (SSSR count). The van der Waals surface area contributed by atoms with E-state index in [-0.39, 0.29) is 10.0 Å². The fourth-order valence-corrected chi connectivity index (χ4v) is 1.49. The zero-order valence-corrected chi connectivity index (χ0v) is 9.51. The number of hydrogen-bond donors (Lipinski definition) is 3. The van der Waals surface area contributed by atoms with E-state index < -0.39 is 30.1 Å². The lowest BCUT2D eigenvalue weighted by molar-refractivity contribution is -0.0716. The van der Waals surface area contributed by atoms with Gasteiger partial charge in [-0.3, -0.25) is 0 Å². The van der Waals surface area contributed by atoms with Crippen LogP contribution >= 0.6 is 15.9 Å². The molecule has 0 fully saturated rings. The van der Waals surface area contributed by atoms with Gasteiger partial charge in [0.1, 0.15) is 24.2 Å². The van der Waals surface area contributed by atoms with Crippen molar-refractivity contribution in [1.82, 2.24) is 0 Å². The summed E-state index contributed by atoms with van der Waals surface area (Å²) in [7, 11) is 0. The third kappa shape index (κ3) is 2.31. The number of benzene rings is 1. The Kier molecular flexibility index (Phi) is 3.82. The van der Waals surface area contributed by atoms with Gasteiger partial charge in [-0.2, -0.15) is 0 Å². The van der Waals surface area contributed by atoms with Gasteiger partial charge in [-0.15, -0.1) is 0 Å². The molecule has 0 spiro atoms. The molecule has 0 bridgehead atoms. The highest BCUT2D eigenvalue weighted by Crippen LogP contribution is 2.38. The molecule has 1 aromatic carbocycles. The summed E-state index contributed by atoms with van der Waals surface area (Å²) in [6.07, 6.45) is 0. The second-order valence-electron chi connectivity index (χ2n) is 3.20. The summed E-state index contributed by atoms with van der Waals surface area (Å²) in [5.41, 5.74) is 4.85. The minimum atomic E-state index is -3.59. The molecule has 3 nitrogen and oxygen atoms in total. The maximum Gasteiger partial charge on any atom is 0.289 e. The number of phenolic OH excluding ortho intramolecular Hbond substituents is 1. The normalized spacial score (nSPS) is 13.9. The van der Waals surface area contributed by atoms with Crippen LogP contribution in [0.2, 0.25) is 0 Å². The molecule has 0 aromatic heterocycles. The van der Waals surface area contributed by atoms with Gasteiger partial charge in [0.05, 0.1) is 4.47 Å². The van der Waals surface area contributed by atoms with Gasteiger partial charge in [0.15, 0.2) is 0 Å². The molecule has 4 N–H and O–H groups in total. The number of rotatable bonds is 3. The Balaban J connectivity index is 3.20. The van der Waals surface area contributed by atoms with E-state index in [4.69, 9.17) is 10.8 Å². The molecular formula is C9H9BrF3NO2. The Hall–Kier alpha value is -0.790. The molecule has 0 aliphatic rings. The quantitative estimate of drug-likeness (QED) is 0.799. The highest BCUT2D eigenvalue weighted by molar-refractivity contribution is 9.10. The first-order chi connectivity index (χ1) is 7.31. The van der Waals surface area contributed by atoms with Crippen molar-refractivity contribution in [3.63, 3.8) is 0 Å². The molecule has 90 valence electrons. The van der Waals surface area contributed by atoms with E-state index in [0.29, 0.717) is 0 Å². The standard InChI is InChI=1S/C9H9BrF3NO2/c10-6-5(11)2-1-4(7(6)16)8(14)9(12,13)3-15/h1-2,8,15-16H,3,14H2/t8-/m0/s1. The van der Waals surface area contributed by atoms with Gasteiger partial charge in [-0.1, -0.05) is 6.07 Å². The Morgan fingerprint density at radius 2 is 2.00 bits per heavy atom. The summed E-state index contributed by atoms with van der Waals surface area (Å²) in [5, 5.41) is 17.9. The highest BCUT2D eigenvalue weighted by Gasteiger charge is 2.39. The summed E-state index contributed by atoms with van der Waals surface area (Å²) in [6, 6.07) is -0.0646. The van der Waals surface area contributed by atoms with Crippen molar-refractivity contribution in [2.24, 2.45) is 5.73 Å². The molecule has 0 heterocycles. The van der Waals surface area contributed by atoms with E-state index in [0.717, 1.165) is 12.1 Å². The van der Waals surface area contributed by atoms with Crippen LogP contribution in [-0.2, 0) is 0 Å². The molecule has 0 saturated carbocycles. The second kappa shape index (κ2) is 4.60. The Morgan fingerprint density at radius 3 is 2.50 bits per heavy atom. The lowest BCUT2D eigenvalue weighted by atomic mass is 10.0. The minimum absolute atomic E-state index is 0.339. The van der Waals surface area contributed by atoms with Crippen LogP contribution in [0, 0.1) is 5.82 Å². The molecule has 7 heteroatoms. The first-order valence-electron chi connectivity index (χ1n) is 4.22. The summed E-state index contributed by atoms with van der Waals surface area (Å²) in [6.45, 7) is -1.46. The Morgan fingerprint density at radius 1 is 1.44 bits per heavy atom. The van der Waals surface area contributed by atoms with Crippen molar-refractivity contribution in [3.05, 3.63) is 28.0 Å². The zero-order chi connectivity index (χ0) is 12.5. The van der Waals surface area contributed by atoms with Gasteiger partial charge in [0.25, 0.3) is 5.92 Å². The number of aliphatic hydroxyl groups excluding tert-OH is 1. The maximum absolute atomic E-state index is 13.0. The van der Waals surface area contributed by atoms with E-state index in [1.807, 2.05) is 0 Å². The third-order valence-electron chi connectivity index (χ3n) is 2.10. The third-order valence-corrected chi connectivity index (χ3v) is 2.86. The maximum atomic E-state index is 13.0. The van der Waals surface area contributed by atoms with Crippen molar-refractivity contribution < 1.29 is 23.4 Å². The van der Waals surface area contributed by atoms with Crippen LogP contribution in [-0.4, -0.2) is 22.7 Å². The molecule has 0 radical (unpaired) electrons. The van der Waals surface area contributed by atoms with Gasteiger partial charge in [0.2, 0.25) is 0 Å². The smallest absolute Gasteiger partial charge is 0.289 e. The zero-order valence-electron chi connectivity index (χ0n) is 7.92. The summed E-state index contributed by atoms with van der Waals surface area (Å²) in [5.74, 6) is -5.07. The van der Waals surface area contributed by atoms with E-state index in [1.54, 1.807) is 0 Å². The van der Waals surface area contributed by atoms with Crippen molar-refractivity contribution in [1.29, 1.82) is 0 Å². The van der Waals surface area contributed by atoms with Crippen LogP contribution in [0.15, 0.2) is 16.6 Å². The fraction of sp³-hybridized carbons (Fsp3) is 0.333. The van der Waals surface area contributed by atoms with Crippen molar-refractivity contribution in [2.75, 3.05) is 6.61 Å². The van der Waals surface area contributed by atoms with Crippen molar-refractivity contribution in [3.8, 4) is 5.75 Å². The van der Waals surface area contributed by atoms with Gasteiger partial charge < -0.3 is 15.9 Å². The lowest BCUT2D eigenvalue weighted by Gasteiger charge is -2.22. The molecule has 0 saturated heterocycles. The van der Waals surface area contributed by atoms with E-state index in [2.05, 4.69) is 15.9 Å². The largest absolute Gasteiger partial charge is 0.506 e. The molecule has 16 heavy (non-hydrogen) atoms. The van der Waals surface area contributed by atoms with Gasteiger partial charge >= 0.3 is 0 Å². The van der Waals surface area contributed by atoms with Crippen LogP contribution in [0.4, 0.5) is 13.2 Å². The van der Waals surface area contributed by atoms with Gasteiger partial charge in [-0.25, -0.2) is 13.2 Å². The van der Waals surface area contributed by atoms with Crippen LogP contribution in [0.25, 0.3) is 0 Å². The molecule has 1 atom stereocenters. The number of phenols is 1. The van der Waals surface area contributed by atoms with Gasteiger partial charge in [0, 0.05) is 5.56 Å². The number of aliphatic hydroxyl groups is 1. The Labute approximate surface area is 97.8 Å². The summed E-state index contributed by atoms with van der Waals surface area (Å²) >= 11 is 2.70. The molecule has 1 aromatic rings. The molecule has 0 aliphatic carbocycles. The fourth-order valence-electron chi connectivity index (χ4n) is 1.13. The predicted octanol–water partition coefficient (Wildman–Crippen LogP) is 1.92. The molecule has 0 unspecified atom stereocenters. The van der Waals surface area contributed by atoms with Gasteiger partial charge in [-0.05, 0) is 22.0 Å². The summed E-state index contributed by atoms with van der Waals surface area (Å²) < 4.78 is 38.7. The monoisotopic (exact) mass is 299 g/mol. The molecule has 0 amide bonds. The SMILES string of the molecule is N[C@@H](c1ccc(F)c(Br)c1O)C(F)(F)CO. The van der Waals surface area contributed by atoms with E-state index in [9.17, 15) is 18.3 Å². The number of nitrogens with two attached hydrogens (primary N) is 1. The van der Waals surface area contributed by atoms with Crippen molar-refractivity contribution >= 4 is 15.9 Å². The average molecular weight is 300 g/mol. The van der Waals surface area contributed by atoms with Crippen molar-refractivity contribution in [2.45, 2.75) is 12.0 Å². The average Bonchev–Trinajstić information content (AvgIpc) is 2.25. The number of aromatic hydroxyl groups is 1. The number of hydrogen-bond acceptors (Lipinski definition) is 3. The molecular weight excluding hydrogens is 291 g/mol. The number of halogens is 4. The second-order valence-corrected chi connectivity index (χ2v) is 3.99. The van der Waals surface area contributed by atoms with E-state index >= 15 is 0 Å². The topological polar surface area (TPSA) is 66.5 Å². The summed E-state index contributed by atoms with van der Waals surface area (Å²) in [4.78, 5) is 0. The molecule has 0 aliphatic heterocycles. The minimum Gasteiger partial charge on any atom is -0.506 e. The number of alkyl halides is 2. The van der Waals surface area contributed by atoms with Crippen LogP contribution in [0.5, 0.6) is 5.75 Å². The Bertz CT molecular complexity index is 401. The van der Waals surface area contributed by atoms with Crippen LogP contribution in [0.1, 0.15) is 11.6 Å².